The number of hydrogen-bond donors (Lipinski definition) is 1. The second-order valence-corrected chi connectivity index (χ2v) is 9.85. The number of ether oxygens (including phenoxy) is 2. The van der Waals surface area contributed by atoms with Gasteiger partial charge >= 0.3 is 0 Å². The van der Waals surface area contributed by atoms with Gasteiger partial charge < -0.3 is 14.6 Å². The van der Waals surface area contributed by atoms with E-state index in [2.05, 4.69) is 9.80 Å². The smallest absolute Gasteiger partial charge is 0.227 e. The highest BCUT2D eigenvalue weighted by atomic mass is 19.1. The number of para-hydroxylation sites is 2. The Labute approximate surface area is 212 Å². The number of nitrogens with zero attached hydrogens (tertiary/aromatic N) is 4. The van der Waals surface area contributed by atoms with Crippen LogP contribution >= 0.6 is 0 Å². The van der Waals surface area contributed by atoms with E-state index in [1.54, 1.807) is 22.9 Å². The topological polar surface area (TPSA) is 63.0 Å². The first-order chi connectivity index (χ1) is 17.6. The minimum atomic E-state index is -0.470. The molecule has 0 bridgehead atoms. The first-order valence-corrected chi connectivity index (χ1v) is 12.8. The van der Waals surface area contributed by atoms with Gasteiger partial charge in [-0.05, 0) is 49.9 Å². The summed E-state index contributed by atoms with van der Waals surface area (Å²) in [5, 5.41) is 15.7. The fourth-order valence-corrected chi connectivity index (χ4v) is 4.73. The number of aromatic nitrogens is 2. The molecule has 1 N–H and O–H groups in total. The molecular formula is C28H35FN4O3. The number of aliphatic hydroxyl groups excluding tert-OH is 1. The summed E-state index contributed by atoms with van der Waals surface area (Å²) in [5.41, 5.74) is 2.58. The molecule has 1 aromatic heterocycles. The molecule has 2 fully saturated rings. The van der Waals surface area contributed by atoms with Crippen LogP contribution in [0.15, 0.2) is 54.6 Å². The summed E-state index contributed by atoms with van der Waals surface area (Å²) in [5.74, 6) is 0.905. The molecule has 7 nitrogen and oxygen atoms in total. The van der Waals surface area contributed by atoms with E-state index < -0.39 is 11.9 Å². The first-order valence-electron chi connectivity index (χ1n) is 12.8. The van der Waals surface area contributed by atoms with Crippen LogP contribution in [0.5, 0.6) is 11.6 Å². The lowest BCUT2D eigenvalue weighted by Crippen LogP contribution is -2.44. The van der Waals surface area contributed by atoms with Crippen LogP contribution in [0.2, 0.25) is 0 Å². The molecule has 36 heavy (non-hydrogen) atoms. The van der Waals surface area contributed by atoms with Gasteiger partial charge in [-0.25, -0.2) is 9.07 Å². The highest BCUT2D eigenvalue weighted by Crippen LogP contribution is 2.35. The van der Waals surface area contributed by atoms with Gasteiger partial charge in [0.05, 0.1) is 36.3 Å². The zero-order valence-corrected chi connectivity index (χ0v) is 20.9. The van der Waals surface area contributed by atoms with Crippen LogP contribution in [-0.4, -0.2) is 76.7 Å². The molecule has 1 saturated heterocycles. The molecule has 1 saturated carbocycles. The maximum atomic E-state index is 14.6. The van der Waals surface area contributed by atoms with Crippen LogP contribution in [0.3, 0.4) is 0 Å². The largest absolute Gasteiger partial charge is 0.435 e. The van der Waals surface area contributed by atoms with E-state index >= 15 is 0 Å². The van der Waals surface area contributed by atoms with Gasteiger partial charge in [0.25, 0.3) is 0 Å². The third kappa shape index (κ3) is 6.31. The maximum Gasteiger partial charge on any atom is 0.227 e. The van der Waals surface area contributed by atoms with E-state index in [9.17, 15) is 9.50 Å². The third-order valence-electron chi connectivity index (χ3n) is 6.82. The number of morpholine rings is 1. The number of aliphatic hydroxyl groups is 1. The van der Waals surface area contributed by atoms with Gasteiger partial charge in [-0.3, -0.25) is 9.80 Å². The molecule has 1 unspecified atom stereocenters. The van der Waals surface area contributed by atoms with Gasteiger partial charge in [0, 0.05) is 39.3 Å². The summed E-state index contributed by atoms with van der Waals surface area (Å²) < 4.78 is 28.0. The Bertz CT molecular complexity index is 1130. The summed E-state index contributed by atoms with van der Waals surface area (Å²) in [6.07, 6.45) is 1.97. The van der Waals surface area contributed by atoms with E-state index in [1.807, 2.05) is 37.3 Å². The molecule has 0 radical (unpaired) electrons. The molecule has 0 amide bonds. The van der Waals surface area contributed by atoms with Crippen LogP contribution in [-0.2, 0) is 11.3 Å². The Morgan fingerprint density at radius 1 is 1.11 bits per heavy atom. The van der Waals surface area contributed by atoms with Crippen molar-refractivity contribution < 1.29 is 19.0 Å². The van der Waals surface area contributed by atoms with Crippen LogP contribution < -0.4 is 4.74 Å². The average molecular weight is 495 g/mol. The normalized spacial score (nSPS) is 17.4. The minimum Gasteiger partial charge on any atom is -0.435 e. The lowest BCUT2D eigenvalue weighted by Gasteiger charge is -2.31. The quantitative estimate of drug-likeness (QED) is 0.435. The van der Waals surface area contributed by atoms with Gasteiger partial charge in [0.15, 0.2) is 11.6 Å². The van der Waals surface area contributed by atoms with E-state index in [1.165, 1.54) is 18.9 Å². The monoisotopic (exact) mass is 494 g/mol. The Balaban J connectivity index is 1.41. The van der Waals surface area contributed by atoms with Gasteiger partial charge in [-0.2, -0.15) is 5.10 Å². The van der Waals surface area contributed by atoms with Crippen molar-refractivity contribution in [3.63, 3.8) is 0 Å². The maximum absolute atomic E-state index is 14.6. The van der Waals surface area contributed by atoms with E-state index in [0.717, 1.165) is 36.6 Å². The van der Waals surface area contributed by atoms with Gasteiger partial charge in [0.2, 0.25) is 5.88 Å². The van der Waals surface area contributed by atoms with Crippen molar-refractivity contribution in [1.82, 2.24) is 19.6 Å². The summed E-state index contributed by atoms with van der Waals surface area (Å²) in [6.45, 7) is 7.76. The summed E-state index contributed by atoms with van der Waals surface area (Å²) >= 11 is 0. The molecule has 1 aliphatic carbocycles. The van der Waals surface area contributed by atoms with Crippen molar-refractivity contribution in [1.29, 1.82) is 0 Å². The van der Waals surface area contributed by atoms with Gasteiger partial charge in [-0.15, -0.1) is 0 Å². The van der Waals surface area contributed by atoms with E-state index in [4.69, 9.17) is 14.6 Å². The van der Waals surface area contributed by atoms with Crippen LogP contribution in [0.4, 0.5) is 4.39 Å². The Kier molecular flexibility index (Phi) is 7.96. The predicted molar refractivity (Wildman–Crippen MR) is 136 cm³/mol. The van der Waals surface area contributed by atoms with Crippen molar-refractivity contribution in [2.75, 3.05) is 45.9 Å². The Hall–Kier alpha value is -2.78. The molecule has 2 aliphatic rings. The molecule has 0 spiro atoms. The zero-order chi connectivity index (χ0) is 24.9. The first kappa shape index (κ1) is 24.9. The predicted octanol–water partition coefficient (Wildman–Crippen LogP) is 4.02. The number of aryl methyl sites for hydroxylation is 1. The van der Waals surface area contributed by atoms with Crippen molar-refractivity contribution in [3.8, 4) is 17.3 Å². The molecular weight excluding hydrogens is 459 g/mol. The Morgan fingerprint density at radius 2 is 1.83 bits per heavy atom. The Morgan fingerprint density at radius 3 is 2.56 bits per heavy atom. The van der Waals surface area contributed by atoms with Gasteiger partial charge in [0.1, 0.15) is 0 Å². The molecule has 192 valence electrons. The lowest BCUT2D eigenvalue weighted by molar-refractivity contribution is 0.00585. The van der Waals surface area contributed by atoms with Crippen molar-refractivity contribution >= 4 is 0 Å². The van der Waals surface area contributed by atoms with E-state index in [0.29, 0.717) is 44.6 Å². The summed E-state index contributed by atoms with van der Waals surface area (Å²) in [7, 11) is 0. The number of β-amino-alcohol motifs (C(OH)–C–C–N with tert-alkyl or cyclic N) is 1. The standard InChI is InChI=1S/C28H35FN4O3/c1-21-25(20-32(17-22-11-12-22)19-24(34)18-31-13-15-35-16-14-31)28(36-27-10-6-5-9-26(27)29)33(30-21)23-7-3-2-4-8-23/h2-10,22,24,34H,11-20H2,1H3. The second kappa shape index (κ2) is 11.5. The SMILES string of the molecule is Cc1nn(-c2ccccc2)c(Oc2ccccc2F)c1CN(CC(O)CN1CCOCC1)CC1CC1. The average Bonchev–Trinajstić information content (AvgIpc) is 3.65. The van der Waals surface area contributed by atoms with Crippen molar-refractivity contribution in [2.45, 2.75) is 32.4 Å². The number of benzene rings is 2. The highest BCUT2D eigenvalue weighted by Gasteiger charge is 2.29. The zero-order valence-electron chi connectivity index (χ0n) is 20.9. The molecule has 2 aromatic carbocycles. The minimum absolute atomic E-state index is 0.164. The lowest BCUT2D eigenvalue weighted by atomic mass is 10.2. The number of hydrogen-bond acceptors (Lipinski definition) is 6. The van der Waals surface area contributed by atoms with E-state index in [-0.39, 0.29) is 5.75 Å². The molecule has 5 rings (SSSR count). The number of rotatable bonds is 11. The molecule has 1 aliphatic heterocycles. The fourth-order valence-electron chi connectivity index (χ4n) is 4.73. The molecule has 3 aromatic rings. The van der Waals surface area contributed by atoms with Crippen LogP contribution in [0.1, 0.15) is 24.1 Å². The third-order valence-corrected chi connectivity index (χ3v) is 6.82. The summed E-state index contributed by atoms with van der Waals surface area (Å²) in [4.78, 5) is 4.56. The molecule has 8 heteroatoms. The molecule has 1 atom stereocenters. The van der Waals surface area contributed by atoms with Crippen molar-refractivity contribution in [2.24, 2.45) is 5.92 Å². The number of halogens is 1. The van der Waals surface area contributed by atoms with Crippen molar-refractivity contribution in [3.05, 3.63) is 71.7 Å². The van der Waals surface area contributed by atoms with Gasteiger partial charge in [-0.1, -0.05) is 30.3 Å². The highest BCUT2D eigenvalue weighted by molar-refractivity contribution is 5.43. The second-order valence-electron chi connectivity index (χ2n) is 9.85. The molecule has 2 heterocycles. The summed E-state index contributed by atoms with van der Waals surface area (Å²) in [6, 6.07) is 16.2. The van der Waals surface area contributed by atoms with Crippen LogP contribution in [0, 0.1) is 18.7 Å². The fraction of sp³-hybridized carbons (Fsp3) is 0.464. The van der Waals surface area contributed by atoms with Crippen LogP contribution in [0.25, 0.3) is 5.69 Å².